The highest BCUT2D eigenvalue weighted by atomic mass is 14.6. The van der Waals surface area contributed by atoms with Gasteiger partial charge in [-0.2, -0.15) is 0 Å². The third-order valence-corrected chi connectivity index (χ3v) is 2.35. The molecule has 1 heterocycles. The van der Waals surface area contributed by atoms with Gasteiger partial charge in [0, 0.05) is 17.8 Å². The molecule has 0 bridgehead atoms. The summed E-state index contributed by atoms with van der Waals surface area (Å²) in [5.74, 6) is 0.717. The molecule has 0 saturated heterocycles. The van der Waals surface area contributed by atoms with Gasteiger partial charge in [-0.05, 0) is 29.4 Å². The highest BCUT2D eigenvalue weighted by Gasteiger charge is 1.99. The molecular weight excluding hydrogens is 170 g/mol. The Kier molecular flexibility index (Phi) is 2.49. The summed E-state index contributed by atoms with van der Waals surface area (Å²) in [5, 5.41) is 2.51. The van der Waals surface area contributed by atoms with Crippen LogP contribution in [0, 0.1) is 5.92 Å². The molecule has 0 N–H and O–H groups in total. The normalized spacial score (nSPS) is 11.1. The van der Waals surface area contributed by atoms with Crippen LogP contribution >= 0.6 is 0 Å². The summed E-state index contributed by atoms with van der Waals surface area (Å²) in [6.07, 6.45) is 4.91. The lowest BCUT2D eigenvalue weighted by molar-refractivity contribution is 0.648. The second-order valence-electron chi connectivity index (χ2n) is 4.16. The van der Waals surface area contributed by atoms with Crippen molar-refractivity contribution in [1.82, 2.24) is 4.98 Å². The average Bonchev–Trinajstić information content (AvgIpc) is 2.17. The fourth-order valence-electron chi connectivity index (χ4n) is 1.73. The molecule has 0 saturated carbocycles. The van der Waals surface area contributed by atoms with Crippen LogP contribution in [0.4, 0.5) is 0 Å². The minimum atomic E-state index is 0.717. The highest BCUT2D eigenvalue weighted by molar-refractivity contribution is 5.81. The van der Waals surface area contributed by atoms with Gasteiger partial charge >= 0.3 is 0 Å². The summed E-state index contributed by atoms with van der Waals surface area (Å²) < 4.78 is 0. The molecule has 0 amide bonds. The van der Waals surface area contributed by atoms with E-state index in [1.54, 1.807) is 0 Å². The predicted molar refractivity (Wildman–Crippen MR) is 60.3 cm³/mol. The van der Waals surface area contributed by atoms with Crippen LogP contribution in [0.15, 0.2) is 36.7 Å². The molecule has 1 aromatic carbocycles. The summed E-state index contributed by atoms with van der Waals surface area (Å²) >= 11 is 0. The molecule has 0 aliphatic carbocycles. The standard InChI is InChI=1S/C13H15N/c1-10(2)7-11-3-4-13-9-14-6-5-12(13)8-11/h3-6,8-10H,7H2,1-2H3. The molecule has 0 aliphatic heterocycles. The van der Waals surface area contributed by atoms with Gasteiger partial charge in [0.1, 0.15) is 0 Å². The number of nitrogens with zero attached hydrogens (tertiary/aromatic N) is 1. The zero-order valence-corrected chi connectivity index (χ0v) is 8.70. The first-order valence-electron chi connectivity index (χ1n) is 5.08. The summed E-state index contributed by atoms with van der Waals surface area (Å²) in [6.45, 7) is 4.49. The van der Waals surface area contributed by atoms with Gasteiger partial charge in [0.15, 0.2) is 0 Å². The van der Waals surface area contributed by atoms with Crippen molar-refractivity contribution in [2.24, 2.45) is 5.92 Å². The van der Waals surface area contributed by atoms with Gasteiger partial charge in [-0.3, -0.25) is 4.98 Å². The van der Waals surface area contributed by atoms with E-state index in [1.165, 1.54) is 16.3 Å². The Morgan fingerprint density at radius 3 is 2.79 bits per heavy atom. The number of hydrogen-bond donors (Lipinski definition) is 0. The lowest BCUT2D eigenvalue weighted by atomic mass is 10.0. The Hall–Kier alpha value is -1.37. The fraction of sp³-hybridized carbons (Fsp3) is 0.308. The van der Waals surface area contributed by atoms with Crippen molar-refractivity contribution in [3.63, 3.8) is 0 Å². The van der Waals surface area contributed by atoms with E-state index in [1.807, 2.05) is 12.4 Å². The van der Waals surface area contributed by atoms with Gasteiger partial charge < -0.3 is 0 Å². The largest absolute Gasteiger partial charge is 0.264 e. The van der Waals surface area contributed by atoms with Crippen molar-refractivity contribution < 1.29 is 0 Å². The van der Waals surface area contributed by atoms with Gasteiger partial charge in [-0.15, -0.1) is 0 Å². The van der Waals surface area contributed by atoms with E-state index in [-0.39, 0.29) is 0 Å². The summed E-state index contributed by atoms with van der Waals surface area (Å²) in [4.78, 5) is 4.10. The molecular formula is C13H15N. The molecule has 0 spiro atoms. The van der Waals surface area contributed by atoms with Crippen molar-refractivity contribution in [3.05, 3.63) is 42.2 Å². The van der Waals surface area contributed by atoms with E-state index >= 15 is 0 Å². The summed E-state index contributed by atoms with van der Waals surface area (Å²) in [7, 11) is 0. The zero-order chi connectivity index (χ0) is 9.97. The van der Waals surface area contributed by atoms with Gasteiger partial charge in [-0.1, -0.05) is 32.0 Å². The maximum Gasteiger partial charge on any atom is 0.0346 e. The topological polar surface area (TPSA) is 12.9 Å². The number of pyridine rings is 1. The third kappa shape index (κ3) is 1.92. The van der Waals surface area contributed by atoms with Crippen LogP contribution in [-0.4, -0.2) is 4.98 Å². The van der Waals surface area contributed by atoms with Crippen molar-refractivity contribution in [3.8, 4) is 0 Å². The van der Waals surface area contributed by atoms with E-state index in [0.717, 1.165) is 6.42 Å². The average molecular weight is 185 g/mol. The van der Waals surface area contributed by atoms with Crippen molar-refractivity contribution in [2.45, 2.75) is 20.3 Å². The molecule has 0 aliphatic rings. The lowest BCUT2D eigenvalue weighted by Crippen LogP contribution is -1.93. The van der Waals surface area contributed by atoms with Crippen molar-refractivity contribution >= 4 is 10.8 Å². The maximum absolute atomic E-state index is 4.10. The lowest BCUT2D eigenvalue weighted by Gasteiger charge is -2.05. The van der Waals surface area contributed by atoms with Crippen LogP contribution in [0.5, 0.6) is 0 Å². The van der Waals surface area contributed by atoms with E-state index < -0.39 is 0 Å². The zero-order valence-electron chi connectivity index (χ0n) is 8.70. The van der Waals surface area contributed by atoms with Crippen molar-refractivity contribution in [1.29, 1.82) is 0 Å². The maximum atomic E-state index is 4.10. The molecule has 0 unspecified atom stereocenters. The quantitative estimate of drug-likeness (QED) is 0.698. The van der Waals surface area contributed by atoms with E-state index in [4.69, 9.17) is 0 Å². The van der Waals surface area contributed by atoms with E-state index in [2.05, 4.69) is 43.1 Å². The second kappa shape index (κ2) is 3.79. The molecule has 72 valence electrons. The smallest absolute Gasteiger partial charge is 0.0346 e. The minimum Gasteiger partial charge on any atom is -0.264 e. The number of fused-ring (bicyclic) bond motifs is 1. The fourth-order valence-corrected chi connectivity index (χ4v) is 1.73. The van der Waals surface area contributed by atoms with Crippen LogP contribution < -0.4 is 0 Å². The number of rotatable bonds is 2. The van der Waals surface area contributed by atoms with Crippen molar-refractivity contribution in [2.75, 3.05) is 0 Å². The Bertz CT molecular complexity index is 432. The SMILES string of the molecule is CC(C)Cc1ccc2cnccc2c1. The van der Waals surface area contributed by atoms with Gasteiger partial charge in [0.05, 0.1) is 0 Å². The molecule has 2 aromatic rings. The third-order valence-electron chi connectivity index (χ3n) is 2.35. The molecule has 0 radical (unpaired) electrons. The Balaban J connectivity index is 2.41. The second-order valence-corrected chi connectivity index (χ2v) is 4.16. The van der Waals surface area contributed by atoms with Crippen LogP contribution in [0.3, 0.4) is 0 Å². The Morgan fingerprint density at radius 1 is 1.14 bits per heavy atom. The molecule has 14 heavy (non-hydrogen) atoms. The van der Waals surface area contributed by atoms with Crippen LogP contribution in [0.2, 0.25) is 0 Å². The molecule has 1 heteroatoms. The number of hydrogen-bond acceptors (Lipinski definition) is 1. The van der Waals surface area contributed by atoms with E-state index in [9.17, 15) is 0 Å². The molecule has 0 fully saturated rings. The van der Waals surface area contributed by atoms with Gasteiger partial charge in [-0.25, -0.2) is 0 Å². The van der Waals surface area contributed by atoms with Crippen LogP contribution in [0.25, 0.3) is 10.8 Å². The molecule has 1 nitrogen and oxygen atoms in total. The van der Waals surface area contributed by atoms with Gasteiger partial charge in [0.25, 0.3) is 0 Å². The van der Waals surface area contributed by atoms with Crippen LogP contribution in [0.1, 0.15) is 19.4 Å². The Morgan fingerprint density at radius 2 is 2.00 bits per heavy atom. The monoisotopic (exact) mass is 185 g/mol. The highest BCUT2D eigenvalue weighted by Crippen LogP contribution is 2.16. The first-order valence-corrected chi connectivity index (χ1v) is 5.08. The Labute approximate surface area is 84.8 Å². The minimum absolute atomic E-state index is 0.717. The first kappa shape index (κ1) is 9.20. The van der Waals surface area contributed by atoms with Crippen LogP contribution in [-0.2, 0) is 6.42 Å². The molecule has 0 atom stereocenters. The van der Waals surface area contributed by atoms with Gasteiger partial charge in [0.2, 0.25) is 0 Å². The molecule has 2 rings (SSSR count). The predicted octanol–water partition coefficient (Wildman–Crippen LogP) is 3.43. The first-order chi connectivity index (χ1) is 6.75. The van der Waals surface area contributed by atoms with E-state index in [0.29, 0.717) is 5.92 Å². The summed E-state index contributed by atoms with van der Waals surface area (Å²) in [6, 6.07) is 8.68. The number of benzene rings is 1. The number of aromatic nitrogens is 1. The molecule has 1 aromatic heterocycles. The summed E-state index contributed by atoms with van der Waals surface area (Å²) in [5.41, 5.74) is 1.42.